The van der Waals surface area contributed by atoms with E-state index in [9.17, 15) is 9.59 Å². The number of amides is 1. The first-order valence-corrected chi connectivity index (χ1v) is 6.67. The van der Waals surface area contributed by atoms with Crippen molar-refractivity contribution in [3.8, 4) is 0 Å². The third-order valence-electron chi connectivity index (χ3n) is 2.92. The predicted octanol–water partition coefficient (Wildman–Crippen LogP) is 1.05. The van der Waals surface area contributed by atoms with E-state index in [2.05, 4.69) is 15.4 Å². The maximum absolute atomic E-state index is 11.7. The summed E-state index contributed by atoms with van der Waals surface area (Å²) in [5.41, 5.74) is 0.826. The zero-order chi connectivity index (χ0) is 15.8. The molecule has 1 atom stereocenters. The van der Waals surface area contributed by atoms with Crippen LogP contribution in [0.3, 0.4) is 0 Å². The zero-order valence-electron chi connectivity index (χ0n) is 11.8. The number of ether oxygens (including phenoxy) is 1. The summed E-state index contributed by atoms with van der Waals surface area (Å²) < 4.78 is 6.49. The Morgan fingerprint density at radius 2 is 2.09 bits per heavy atom. The van der Waals surface area contributed by atoms with E-state index in [4.69, 9.17) is 9.84 Å². The van der Waals surface area contributed by atoms with Gasteiger partial charge in [-0.15, -0.1) is 0 Å². The number of hydrogen-bond acceptors (Lipinski definition) is 5. The van der Waals surface area contributed by atoms with Crippen LogP contribution in [0.25, 0.3) is 0 Å². The number of hydrogen-bond donors (Lipinski definition) is 2. The lowest BCUT2D eigenvalue weighted by Crippen LogP contribution is -2.41. The van der Waals surface area contributed by atoms with Gasteiger partial charge in [0.2, 0.25) is 0 Å². The average molecular weight is 304 g/mol. The number of aromatic nitrogens is 3. The first-order valence-electron chi connectivity index (χ1n) is 6.67. The Labute approximate surface area is 126 Å². The highest BCUT2D eigenvalue weighted by Gasteiger charge is 2.20. The van der Waals surface area contributed by atoms with Gasteiger partial charge in [-0.05, 0) is 12.0 Å². The first-order chi connectivity index (χ1) is 10.6. The van der Waals surface area contributed by atoms with Crippen LogP contribution in [0.5, 0.6) is 0 Å². The van der Waals surface area contributed by atoms with E-state index in [0.29, 0.717) is 6.54 Å². The summed E-state index contributed by atoms with van der Waals surface area (Å²) >= 11 is 0. The molecule has 0 radical (unpaired) electrons. The fourth-order valence-corrected chi connectivity index (χ4v) is 1.77. The molecule has 8 nitrogen and oxygen atoms in total. The summed E-state index contributed by atoms with van der Waals surface area (Å²) in [6.07, 6.45) is 2.25. The Kier molecular flexibility index (Phi) is 5.47. The average Bonchev–Trinajstić information content (AvgIpc) is 3.03. The van der Waals surface area contributed by atoms with Crippen molar-refractivity contribution in [3.63, 3.8) is 0 Å². The highest BCUT2D eigenvalue weighted by Crippen LogP contribution is 2.02. The summed E-state index contributed by atoms with van der Waals surface area (Å²) in [6.45, 7) is 0.415. The number of aliphatic carboxylic acids is 1. The Morgan fingerprint density at radius 1 is 1.32 bits per heavy atom. The molecule has 0 bridgehead atoms. The number of carboxylic acid groups (broad SMARTS) is 1. The molecule has 0 aliphatic rings. The molecular formula is C14H16N4O4. The Balaban J connectivity index is 1.79. The topological polar surface area (TPSA) is 106 Å². The van der Waals surface area contributed by atoms with Gasteiger partial charge in [-0.2, -0.15) is 5.10 Å². The van der Waals surface area contributed by atoms with Crippen molar-refractivity contribution in [2.75, 3.05) is 0 Å². The molecular weight excluding hydrogens is 288 g/mol. The van der Waals surface area contributed by atoms with Crippen molar-refractivity contribution in [3.05, 3.63) is 48.5 Å². The first kappa shape index (κ1) is 15.5. The maximum Gasteiger partial charge on any atom is 0.408 e. The van der Waals surface area contributed by atoms with E-state index in [0.717, 1.165) is 5.56 Å². The van der Waals surface area contributed by atoms with Crippen molar-refractivity contribution in [1.29, 1.82) is 0 Å². The molecule has 1 heterocycles. The molecule has 2 rings (SSSR count). The lowest BCUT2D eigenvalue weighted by atomic mass is 10.2. The largest absolute Gasteiger partial charge is 0.480 e. The van der Waals surface area contributed by atoms with Crippen LogP contribution >= 0.6 is 0 Å². The van der Waals surface area contributed by atoms with Crippen molar-refractivity contribution >= 4 is 12.1 Å². The Morgan fingerprint density at radius 3 is 2.73 bits per heavy atom. The molecule has 0 saturated heterocycles. The van der Waals surface area contributed by atoms with E-state index in [-0.39, 0.29) is 13.0 Å². The molecule has 0 aliphatic heterocycles. The monoisotopic (exact) mass is 304 g/mol. The van der Waals surface area contributed by atoms with E-state index in [1.165, 1.54) is 17.3 Å². The molecule has 1 aromatic carbocycles. The smallest absolute Gasteiger partial charge is 0.408 e. The van der Waals surface area contributed by atoms with Crippen molar-refractivity contribution in [2.45, 2.75) is 25.6 Å². The van der Waals surface area contributed by atoms with Gasteiger partial charge in [0.1, 0.15) is 25.3 Å². The summed E-state index contributed by atoms with van der Waals surface area (Å²) in [5, 5.41) is 15.3. The minimum absolute atomic E-state index is 0.0854. The molecule has 22 heavy (non-hydrogen) atoms. The van der Waals surface area contributed by atoms with Crippen LogP contribution in [-0.2, 0) is 22.7 Å². The van der Waals surface area contributed by atoms with Crippen LogP contribution in [0, 0.1) is 0 Å². The minimum atomic E-state index is -1.13. The molecule has 116 valence electrons. The van der Waals surface area contributed by atoms with Crippen molar-refractivity contribution in [1.82, 2.24) is 20.1 Å². The highest BCUT2D eigenvalue weighted by atomic mass is 16.5. The number of carbonyl (C=O) groups excluding carboxylic acids is 1. The van der Waals surface area contributed by atoms with E-state index in [1.807, 2.05) is 30.3 Å². The normalized spacial score (nSPS) is 11.6. The molecule has 8 heteroatoms. The maximum atomic E-state index is 11.7. The van der Waals surface area contributed by atoms with E-state index >= 15 is 0 Å². The molecule has 1 unspecified atom stereocenters. The fourth-order valence-electron chi connectivity index (χ4n) is 1.77. The Bertz CT molecular complexity index is 601. The molecule has 0 aliphatic carbocycles. The van der Waals surface area contributed by atoms with Crippen LogP contribution in [-0.4, -0.2) is 38.0 Å². The van der Waals surface area contributed by atoms with Crippen LogP contribution in [0.4, 0.5) is 4.79 Å². The predicted molar refractivity (Wildman–Crippen MR) is 75.8 cm³/mol. The van der Waals surface area contributed by atoms with Gasteiger partial charge in [0.25, 0.3) is 0 Å². The lowest BCUT2D eigenvalue weighted by molar-refractivity contribution is -0.139. The van der Waals surface area contributed by atoms with Crippen LogP contribution in [0.15, 0.2) is 43.0 Å². The quantitative estimate of drug-likeness (QED) is 0.792. The number of carboxylic acids is 1. The van der Waals surface area contributed by atoms with Gasteiger partial charge < -0.3 is 15.2 Å². The molecule has 0 spiro atoms. The second-order valence-electron chi connectivity index (χ2n) is 4.54. The molecule has 0 fully saturated rings. The van der Waals surface area contributed by atoms with Gasteiger partial charge >= 0.3 is 12.1 Å². The van der Waals surface area contributed by atoms with Gasteiger partial charge in [0.05, 0.1) is 0 Å². The number of carbonyl (C=O) groups is 2. The molecule has 2 aromatic rings. The number of rotatable bonds is 7. The van der Waals surface area contributed by atoms with Crippen LogP contribution in [0.2, 0.25) is 0 Å². The second kappa shape index (κ2) is 7.77. The standard InChI is InChI=1S/C14H16N4O4/c19-13(20)12(6-7-18-10-15-9-16-18)17-14(21)22-8-11-4-2-1-3-5-11/h1-5,9-10,12H,6-8H2,(H,17,21)(H,19,20). The van der Waals surface area contributed by atoms with Crippen molar-refractivity contribution in [2.24, 2.45) is 0 Å². The van der Waals surface area contributed by atoms with Gasteiger partial charge in [-0.1, -0.05) is 30.3 Å². The minimum Gasteiger partial charge on any atom is -0.480 e. The van der Waals surface area contributed by atoms with Gasteiger partial charge in [-0.25, -0.2) is 14.6 Å². The number of benzene rings is 1. The third kappa shape index (κ3) is 4.89. The van der Waals surface area contributed by atoms with E-state index in [1.54, 1.807) is 0 Å². The SMILES string of the molecule is O=C(NC(CCn1cncn1)C(=O)O)OCc1ccccc1. The summed E-state index contributed by atoms with van der Waals surface area (Å²) in [6, 6.07) is 8.09. The van der Waals surface area contributed by atoms with Crippen LogP contribution < -0.4 is 5.32 Å². The zero-order valence-corrected chi connectivity index (χ0v) is 11.8. The fraction of sp³-hybridized carbons (Fsp3) is 0.286. The molecule has 1 amide bonds. The summed E-state index contributed by atoms with van der Waals surface area (Å²) in [5.74, 6) is -1.13. The molecule has 1 aromatic heterocycles. The van der Waals surface area contributed by atoms with E-state index < -0.39 is 18.1 Å². The number of nitrogens with zero attached hydrogens (tertiary/aromatic N) is 3. The van der Waals surface area contributed by atoms with Gasteiger partial charge in [0, 0.05) is 6.54 Å². The Hall–Kier alpha value is -2.90. The number of alkyl carbamates (subject to hydrolysis) is 1. The molecule has 2 N–H and O–H groups in total. The lowest BCUT2D eigenvalue weighted by Gasteiger charge is -2.14. The summed E-state index contributed by atoms with van der Waals surface area (Å²) in [7, 11) is 0. The third-order valence-corrected chi connectivity index (χ3v) is 2.92. The van der Waals surface area contributed by atoms with Crippen LogP contribution in [0.1, 0.15) is 12.0 Å². The number of nitrogens with one attached hydrogen (secondary N) is 1. The van der Waals surface area contributed by atoms with Crippen molar-refractivity contribution < 1.29 is 19.4 Å². The van der Waals surface area contributed by atoms with Gasteiger partial charge in [0.15, 0.2) is 0 Å². The molecule has 0 saturated carbocycles. The number of aryl methyl sites for hydroxylation is 1. The van der Waals surface area contributed by atoms with Gasteiger partial charge in [-0.3, -0.25) is 4.68 Å². The summed E-state index contributed by atoms with van der Waals surface area (Å²) in [4.78, 5) is 26.6. The second-order valence-corrected chi connectivity index (χ2v) is 4.54. The highest BCUT2D eigenvalue weighted by molar-refractivity contribution is 5.79.